The van der Waals surface area contributed by atoms with E-state index < -0.39 is 0 Å². The third-order valence-corrected chi connectivity index (χ3v) is 4.38. The van der Waals surface area contributed by atoms with E-state index in [2.05, 4.69) is 15.5 Å². The van der Waals surface area contributed by atoms with Crippen molar-refractivity contribution in [2.45, 2.75) is 6.92 Å². The molecule has 0 unspecified atom stereocenters. The number of para-hydroxylation sites is 2. The third-order valence-electron chi connectivity index (χ3n) is 4.38. The van der Waals surface area contributed by atoms with Crippen molar-refractivity contribution in [3.05, 3.63) is 100 Å². The zero-order valence-electron chi connectivity index (χ0n) is 15.1. The second-order valence-corrected chi connectivity index (χ2v) is 6.30. The van der Waals surface area contributed by atoms with Crippen LogP contribution in [-0.2, 0) is 0 Å². The van der Waals surface area contributed by atoms with Gasteiger partial charge in [0.05, 0.1) is 22.8 Å². The number of halogens is 1. The Kier molecular flexibility index (Phi) is 4.68. The minimum absolute atomic E-state index is 0.181. The highest BCUT2D eigenvalue weighted by molar-refractivity contribution is 5.81. The van der Waals surface area contributed by atoms with Crippen LogP contribution in [-0.4, -0.2) is 15.8 Å². The second kappa shape index (κ2) is 7.44. The summed E-state index contributed by atoms with van der Waals surface area (Å²) in [5.41, 5.74) is 5.65. The number of rotatable bonds is 4. The monoisotopic (exact) mass is 372 g/mol. The SMILES string of the molecule is Cc1ccccc1-n1c(NN=Cc2ccc(F)cc2)nc2ccccc2c1=O. The van der Waals surface area contributed by atoms with Crippen LogP contribution < -0.4 is 11.0 Å². The number of anilines is 1. The third kappa shape index (κ3) is 3.40. The molecule has 0 radical (unpaired) electrons. The molecule has 0 aliphatic carbocycles. The van der Waals surface area contributed by atoms with Gasteiger partial charge in [0.15, 0.2) is 0 Å². The number of nitrogens with one attached hydrogen (secondary N) is 1. The Hall–Kier alpha value is -3.80. The lowest BCUT2D eigenvalue weighted by molar-refractivity contribution is 0.628. The van der Waals surface area contributed by atoms with Crippen molar-refractivity contribution in [3.63, 3.8) is 0 Å². The first kappa shape index (κ1) is 17.6. The van der Waals surface area contributed by atoms with Crippen LogP contribution >= 0.6 is 0 Å². The van der Waals surface area contributed by atoms with Crippen molar-refractivity contribution in [1.29, 1.82) is 0 Å². The molecule has 5 nitrogen and oxygen atoms in total. The van der Waals surface area contributed by atoms with Crippen molar-refractivity contribution in [1.82, 2.24) is 9.55 Å². The Balaban J connectivity index is 1.82. The molecule has 28 heavy (non-hydrogen) atoms. The van der Waals surface area contributed by atoms with Gasteiger partial charge in [0, 0.05) is 0 Å². The summed E-state index contributed by atoms with van der Waals surface area (Å²) in [6, 6.07) is 20.7. The van der Waals surface area contributed by atoms with Gasteiger partial charge >= 0.3 is 0 Å². The molecule has 6 heteroatoms. The fourth-order valence-corrected chi connectivity index (χ4v) is 2.96. The van der Waals surface area contributed by atoms with E-state index in [1.807, 2.05) is 43.3 Å². The molecule has 0 bridgehead atoms. The van der Waals surface area contributed by atoms with Crippen LogP contribution in [0.15, 0.2) is 82.7 Å². The molecule has 4 rings (SSSR count). The maximum atomic E-state index is 13.2. The van der Waals surface area contributed by atoms with Gasteiger partial charge < -0.3 is 0 Å². The van der Waals surface area contributed by atoms with Crippen LogP contribution in [0.3, 0.4) is 0 Å². The molecule has 0 fully saturated rings. The maximum Gasteiger partial charge on any atom is 0.267 e. The molecular weight excluding hydrogens is 355 g/mol. The van der Waals surface area contributed by atoms with E-state index in [-0.39, 0.29) is 11.4 Å². The van der Waals surface area contributed by atoms with E-state index in [0.717, 1.165) is 16.8 Å². The number of hydrogen-bond acceptors (Lipinski definition) is 4. The normalized spacial score (nSPS) is 11.2. The first-order valence-corrected chi connectivity index (χ1v) is 8.76. The van der Waals surface area contributed by atoms with E-state index in [4.69, 9.17) is 0 Å². The maximum absolute atomic E-state index is 13.2. The summed E-state index contributed by atoms with van der Waals surface area (Å²) in [6.45, 7) is 1.93. The summed E-state index contributed by atoms with van der Waals surface area (Å²) in [4.78, 5) is 17.7. The molecule has 0 spiro atoms. The number of hydrogen-bond donors (Lipinski definition) is 1. The second-order valence-electron chi connectivity index (χ2n) is 6.30. The Morgan fingerprint density at radius 1 is 1.00 bits per heavy atom. The van der Waals surface area contributed by atoms with Crippen molar-refractivity contribution in [2.75, 3.05) is 5.43 Å². The first-order valence-electron chi connectivity index (χ1n) is 8.76. The molecule has 3 aromatic carbocycles. The van der Waals surface area contributed by atoms with Gasteiger partial charge in [-0.15, -0.1) is 0 Å². The molecule has 0 aliphatic heterocycles. The van der Waals surface area contributed by atoms with Gasteiger partial charge in [-0.05, 0) is 48.4 Å². The minimum Gasteiger partial charge on any atom is -0.268 e. The number of aryl methyl sites for hydroxylation is 1. The fraction of sp³-hybridized carbons (Fsp3) is 0.0455. The van der Waals surface area contributed by atoms with Gasteiger partial charge in [0.2, 0.25) is 5.95 Å². The highest BCUT2D eigenvalue weighted by atomic mass is 19.1. The summed E-state index contributed by atoms with van der Waals surface area (Å²) in [5, 5.41) is 4.71. The van der Waals surface area contributed by atoms with E-state index >= 15 is 0 Å². The number of hydrazone groups is 1. The first-order chi connectivity index (χ1) is 13.6. The quantitative estimate of drug-likeness (QED) is 0.430. The molecule has 4 aromatic rings. The molecule has 1 aromatic heterocycles. The molecule has 0 amide bonds. The van der Waals surface area contributed by atoms with Crippen LogP contribution in [0.2, 0.25) is 0 Å². The molecule has 0 atom stereocenters. The fourth-order valence-electron chi connectivity index (χ4n) is 2.96. The minimum atomic E-state index is -0.310. The molecule has 1 heterocycles. The van der Waals surface area contributed by atoms with Crippen LogP contribution in [0.1, 0.15) is 11.1 Å². The standard InChI is InChI=1S/C22H17FN4O/c1-15-6-2-5-9-20(15)27-21(28)18-7-3-4-8-19(18)25-22(27)26-24-14-16-10-12-17(23)13-11-16/h2-14H,1H3,(H,25,26). The largest absolute Gasteiger partial charge is 0.268 e. The van der Waals surface area contributed by atoms with Gasteiger partial charge in [-0.3, -0.25) is 4.79 Å². The number of benzene rings is 3. The topological polar surface area (TPSA) is 59.3 Å². The van der Waals surface area contributed by atoms with E-state index in [0.29, 0.717) is 16.9 Å². The Labute approximate surface area is 160 Å². The molecule has 0 saturated heterocycles. The lowest BCUT2D eigenvalue weighted by Crippen LogP contribution is -2.23. The molecule has 138 valence electrons. The van der Waals surface area contributed by atoms with Crippen LogP contribution in [0.4, 0.5) is 10.3 Å². The lowest BCUT2D eigenvalue weighted by atomic mass is 10.2. The summed E-state index contributed by atoms with van der Waals surface area (Å²) >= 11 is 0. The van der Waals surface area contributed by atoms with Gasteiger partial charge in [-0.25, -0.2) is 19.4 Å². The number of fused-ring (bicyclic) bond motifs is 1. The average molecular weight is 372 g/mol. The van der Waals surface area contributed by atoms with Gasteiger partial charge in [0.25, 0.3) is 5.56 Å². The molecule has 0 aliphatic rings. The number of aromatic nitrogens is 2. The zero-order chi connectivity index (χ0) is 19.5. The summed E-state index contributed by atoms with van der Waals surface area (Å²) in [7, 11) is 0. The summed E-state index contributed by atoms with van der Waals surface area (Å²) in [5.74, 6) is -0.00828. The Bertz CT molecular complexity index is 1230. The van der Waals surface area contributed by atoms with Crippen molar-refractivity contribution < 1.29 is 4.39 Å². The molecular formula is C22H17FN4O. The average Bonchev–Trinajstić information content (AvgIpc) is 2.71. The highest BCUT2D eigenvalue weighted by Gasteiger charge is 2.13. The molecule has 0 saturated carbocycles. The van der Waals surface area contributed by atoms with Gasteiger partial charge in [-0.1, -0.05) is 42.5 Å². The summed E-state index contributed by atoms with van der Waals surface area (Å²) < 4.78 is 14.6. The smallest absolute Gasteiger partial charge is 0.267 e. The highest BCUT2D eigenvalue weighted by Crippen LogP contribution is 2.19. The Morgan fingerprint density at radius 3 is 2.50 bits per heavy atom. The van der Waals surface area contributed by atoms with Gasteiger partial charge in [-0.2, -0.15) is 5.10 Å². The predicted octanol–water partition coefficient (Wildman–Crippen LogP) is 4.28. The molecule has 1 N–H and O–H groups in total. The van der Waals surface area contributed by atoms with Crippen molar-refractivity contribution >= 4 is 23.1 Å². The van der Waals surface area contributed by atoms with E-state index in [1.54, 1.807) is 30.5 Å². The van der Waals surface area contributed by atoms with Crippen LogP contribution in [0, 0.1) is 12.7 Å². The van der Waals surface area contributed by atoms with E-state index in [9.17, 15) is 9.18 Å². The predicted molar refractivity (Wildman–Crippen MR) is 110 cm³/mol. The van der Waals surface area contributed by atoms with Crippen molar-refractivity contribution in [2.24, 2.45) is 5.10 Å². The summed E-state index contributed by atoms with van der Waals surface area (Å²) in [6.07, 6.45) is 1.54. The lowest BCUT2D eigenvalue weighted by Gasteiger charge is -2.14. The van der Waals surface area contributed by atoms with Gasteiger partial charge in [0.1, 0.15) is 5.82 Å². The zero-order valence-corrected chi connectivity index (χ0v) is 15.1. The number of nitrogens with zero attached hydrogens (tertiary/aromatic N) is 3. The van der Waals surface area contributed by atoms with E-state index in [1.165, 1.54) is 16.7 Å². The van der Waals surface area contributed by atoms with Crippen LogP contribution in [0.5, 0.6) is 0 Å². The Morgan fingerprint density at radius 2 is 1.71 bits per heavy atom. The van der Waals surface area contributed by atoms with Crippen molar-refractivity contribution in [3.8, 4) is 5.69 Å². The van der Waals surface area contributed by atoms with Crippen LogP contribution in [0.25, 0.3) is 16.6 Å².